The molecular weight excluding hydrogens is 90.1 g/mol. The van der Waals surface area contributed by atoms with Crippen molar-refractivity contribution in [1.29, 1.82) is 0 Å². The van der Waals surface area contributed by atoms with Crippen LogP contribution in [0.5, 0.6) is 0 Å². The van der Waals surface area contributed by atoms with Gasteiger partial charge < -0.3 is 5.21 Å². The topological polar surface area (TPSA) is 32.6 Å². The molecule has 0 saturated carbocycles. The molecular formula is C5H11NO. The average molecular weight is 101 g/mol. The molecule has 0 saturated heterocycles. The summed E-state index contributed by atoms with van der Waals surface area (Å²) in [5.74, 6) is 0.407. The van der Waals surface area contributed by atoms with Crippen LogP contribution in [0.2, 0.25) is 0 Å². The Kier molecular flexibility index (Phi) is 3.38. The lowest BCUT2D eigenvalue weighted by atomic mass is 10.1. The first kappa shape index (κ1) is 6.47. The monoisotopic (exact) mass is 101 g/mol. The molecule has 2 heteroatoms. The summed E-state index contributed by atoms with van der Waals surface area (Å²) in [6.07, 6.45) is 2.56. The standard InChI is InChI=1S/C5H11NO/c1-3-5(2)4-6-7/h4-5,7H,3H2,1-2H3/b6-4+/t5-/m1/s1. The summed E-state index contributed by atoms with van der Waals surface area (Å²) < 4.78 is 0. The molecule has 0 heterocycles. The predicted octanol–water partition coefficient (Wildman–Crippen LogP) is 1.49. The number of nitrogens with zero attached hydrogens (tertiary/aromatic N) is 1. The third-order valence-electron chi connectivity index (χ3n) is 0.965. The van der Waals surface area contributed by atoms with Crippen LogP contribution in [0.1, 0.15) is 20.3 Å². The minimum atomic E-state index is 0.407. The van der Waals surface area contributed by atoms with Crippen LogP contribution in [-0.4, -0.2) is 11.4 Å². The van der Waals surface area contributed by atoms with E-state index >= 15 is 0 Å². The Morgan fingerprint density at radius 3 is 2.57 bits per heavy atom. The maximum atomic E-state index is 7.94. The third kappa shape index (κ3) is 3.30. The second-order valence-electron chi connectivity index (χ2n) is 1.65. The van der Waals surface area contributed by atoms with Crippen LogP contribution in [-0.2, 0) is 0 Å². The zero-order valence-electron chi connectivity index (χ0n) is 4.76. The molecule has 1 N–H and O–H groups in total. The van der Waals surface area contributed by atoms with E-state index in [-0.39, 0.29) is 0 Å². The molecule has 0 amide bonds. The fourth-order valence-electron chi connectivity index (χ4n) is 0.219. The van der Waals surface area contributed by atoms with E-state index in [0.717, 1.165) is 6.42 Å². The van der Waals surface area contributed by atoms with Crippen molar-refractivity contribution in [1.82, 2.24) is 0 Å². The second-order valence-corrected chi connectivity index (χ2v) is 1.65. The van der Waals surface area contributed by atoms with Gasteiger partial charge in [-0.1, -0.05) is 13.8 Å². The van der Waals surface area contributed by atoms with Crippen molar-refractivity contribution in [3.8, 4) is 0 Å². The number of rotatable bonds is 2. The number of hydrogen-bond acceptors (Lipinski definition) is 2. The van der Waals surface area contributed by atoms with Gasteiger partial charge in [0.15, 0.2) is 0 Å². The molecule has 0 aliphatic carbocycles. The Balaban J connectivity index is 3.16. The fraction of sp³-hybridized carbons (Fsp3) is 0.800. The highest BCUT2D eigenvalue weighted by atomic mass is 16.4. The number of hydrogen-bond donors (Lipinski definition) is 1. The van der Waals surface area contributed by atoms with Crippen LogP contribution in [0.3, 0.4) is 0 Å². The van der Waals surface area contributed by atoms with Crippen LogP contribution in [0, 0.1) is 5.92 Å². The second kappa shape index (κ2) is 3.65. The Bertz CT molecular complexity index is 61.1. The highest BCUT2D eigenvalue weighted by Gasteiger charge is 1.88. The van der Waals surface area contributed by atoms with Crippen molar-refractivity contribution < 1.29 is 5.21 Å². The van der Waals surface area contributed by atoms with Gasteiger partial charge in [-0.25, -0.2) is 0 Å². The lowest BCUT2D eigenvalue weighted by Crippen LogP contribution is -1.90. The molecule has 0 fully saturated rings. The van der Waals surface area contributed by atoms with Crippen molar-refractivity contribution >= 4 is 6.21 Å². The van der Waals surface area contributed by atoms with Crippen LogP contribution in [0.4, 0.5) is 0 Å². The zero-order valence-corrected chi connectivity index (χ0v) is 4.76. The highest BCUT2D eigenvalue weighted by molar-refractivity contribution is 5.58. The molecule has 1 atom stereocenters. The Morgan fingerprint density at radius 2 is 2.43 bits per heavy atom. The van der Waals surface area contributed by atoms with Gasteiger partial charge in [0, 0.05) is 6.21 Å². The van der Waals surface area contributed by atoms with E-state index < -0.39 is 0 Å². The summed E-state index contributed by atoms with van der Waals surface area (Å²) in [5, 5.41) is 10.8. The molecule has 0 aromatic rings. The maximum absolute atomic E-state index is 7.94. The van der Waals surface area contributed by atoms with Gasteiger partial charge in [-0.3, -0.25) is 0 Å². The molecule has 42 valence electrons. The van der Waals surface area contributed by atoms with E-state index in [0.29, 0.717) is 5.92 Å². The largest absolute Gasteiger partial charge is 0.411 e. The predicted molar refractivity (Wildman–Crippen MR) is 29.7 cm³/mol. The van der Waals surface area contributed by atoms with Crippen LogP contribution < -0.4 is 0 Å². The van der Waals surface area contributed by atoms with E-state index in [1.807, 2.05) is 13.8 Å². The lowest BCUT2D eigenvalue weighted by molar-refractivity contribution is 0.318. The quantitative estimate of drug-likeness (QED) is 0.319. The van der Waals surface area contributed by atoms with Crippen molar-refractivity contribution in [2.45, 2.75) is 20.3 Å². The summed E-state index contributed by atoms with van der Waals surface area (Å²) in [5.41, 5.74) is 0. The normalized spacial score (nSPS) is 15.1. The van der Waals surface area contributed by atoms with Crippen molar-refractivity contribution in [3.05, 3.63) is 0 Å². The molecule has 0 aromatic heterocycles. The Labute approximate surface area is 43.8 Å². The van der Waals surface area contributed by atoms with Gasteiger partial charge in [-0.15, -0.1) is 5.16 Å². The summed E-state index contributed by atoms with van der Waals surface area (Å²) in [6, 6.07) is 0. The first-order valence-corrected chi connectivity index (χ1v) is 2.48. The van der Waals surface area contributed by atoms with Crippen molar-refractivity contribution in [2.24, 2.45) is 11.1 Å². The maximum Gasteiger partial charge on any atom is 0.0463 e. The molecule has 7 heavy (non-hydrogen) atoms. The molecule has 0 bridgehead atoms. The van der Waals surface area contributed by atoms with Gasteiger partial charge in [-0.05, 0) is 12.3 Å². The first-order chi connectivity index (χ1) is 3.31. The van der Waals surface area contributed by atoms with E-state index in [1.54, 1.807) is 0 Å². The van der Waals surface area contributed by atoms with Crippen molar-refractivity contribution in [3.63, 3.8) is 0 Å². The molecule has 2 nitrogen and oxygen atoms in total. The lowest BCUT2D eigenvalue weighted by Gasteiger charge is -1.93. The molecule has 0 aliphatic heterocycles. The highest BCUT2D eigenvalue weighted by Crippen LogP contribution is 1.93. The summed E-state index contributed by atoms with van der Waals surface area (Å²) in [4.78, 5) is 0. The van der Waals surface area contributed by atoms with Gasteiger partial charge in [0.25, 0.3) is 0 Å². The smallest absolute Gasteiger partial charge is 0.0463 e. The van der Waals surface area contributed by atoms with Crippen LogP contribution in [0.15, 0.2) is 5.16 Å². The molecule has 0 spiro atoms. The Hall–Kier alpha value is -0.530. The first-order valence-electron chi connectivity index (χ1n) is 2.48. The SMILES string of the molecule is CC[C@@H](C)/C=N/O. The molecule has 0 aromatic carbocycles. The van der Waals surface area contributed by atoms with Gasteiger partial charge in [0.05, 0.1) is 0 Å². The summed E-state index contributed by atoms with van der Waals surface area (Å²) >= 11 is 0. The van der Waals surface area contributed by atoms with E-state index in [1.165, 1.54) is 6.21 Å². The van der Waals surface area contributed by atoms with Gasteiger partial charge in [0.2, 0.25) is 0 Å². The Morgan fingerprint density at radius 1 is 1.86 bits per heavy atom. The van der Waals surface area contributed by atoms with Gasteiger partial charge in [-0.2, -0.15) is 0 Å². The minimum Gasteiger partial charge on any atom is -0.411 e. The van der Waals surface area contributed by atoms with Crippen LogP contribution >= 0.6 is 0 Å². The zero-order chi connectivity index (χ0) is 5.70. The number of oxime groups is 1. The average Bonchev–Trinajstić information content (AvgIpc) is 1.68. The minimum absolute atomic E-state index is 0.407. The van der Waals surface area contributed by atoms with Gasteiger partial charge >= 0.3 is 0 Å². The van der Waals surface area contributed by atoms with E-state index in [9.17, 15) is 0 Å². The van der Waals surface area contributed by atoms with Gasteiger partial charge in [0.1, 0.15) is 0 Å². The molecule has 0 unspecified atom stereocenters. The van der Waals surface area contributed by atoms with E-state index in [4.69, 9.17) is 5.21 Å². The fourth-order valence-corrected chi connectivity index (χ4v) is 0.219. The van der Waals surface area contributed by atoms with Crippen molar-refractivity contribution in [2.75, 3.05) is 0 Å². The molecule has 0 radical (unpaired) electrons. The molecule has 0 aliphatic rings. The van der Waals surface area contributed by atoms with Crippen LogP contribution in [0.25, 0.3) is 0 Å². The summed E-state index contributed by atoms with van der Waals surface area (Å²) in [7, 11) is 0. The summed E-state index contributed by atoms with van der Waals surface area (Å²) in [6.45, 7) is 4.05. The van der Waals surface area contributed by atoms with E-state index in [2.05, 4.69) is 5.16 Å². The molecule has 0 rings (SSSR count). The third-order valence-corrected chi connectivity index (χ3v) is 0.965.